The molecule has 3 rings (SSSR count). The van der Waals surface area contributed by atoms with Crippen LogP contribution in [-0.2, 0) is 14.8 Å². The van der Waals surface area contributed by atoms with Gasteiger partial charge in [0.05, 0.1) is 23.4 Å². The van der Waals surface area contributed by atoms with E-state index in [1.807, 2.05) is 13.8 Å². The summed E-state index contributed by atoms with van der Waals surface area (Å²) < 4.78 is 33.6. The Morgan fingerprint density at radius 2 is 1.85 bits per heavy atom. The van der Waals surface area contributed by atoms with Crippen LogP contribution in [-0.4, -0.2) is 37.3 Å². The van der Waals surface area contributed by atoms with Gasteiger partial charge in [0.15, 0.2) is 0 Å². The van der Waals surface area contributed by atoms with Crippen molar-refractivity contribution in [2.75, 3.05) is 13.7 Å². The van der Waals surface area contributed by atoms with Gasteiger partial charge < -0.3 is 9.53 Å². The summed E-state index contributed by atoms with van der Waals surface area (Å²) in [7, 11) is -2.48. The van der Waals surface area contributed by atoms with E-state index < -0.39 is 33.3 Å². The van der Waals surface area contributed by atoms with E-state index in [0.29, 0.717) is 28.6 Å². The minimum atomic E-state index is -3.98. The van der Waals surface area contributed by atoms with Crippen LogP contribution in [0.4, 0.5) is 0 Å². The Morgan fingerprint density at radius 3 is 2.44 bits per heavy atom. The fraction of sp³-hybridized carbons (Fsp3) is 0.400. The van der Waals surface area contributed by atoms with Crippen LogP contribution in [0, 0.1) is 23.0 Å². The number of carbonyl (C=O) groups excluding carboxylic acids is 1. The Labute approximate surface area is 199 Å². The fourth-order valence-electron chi connectivity index (χ4n) is 4.27. The van der Waals surface area contributed by atoms with Crippen LogP contribution in [0.1, 0.15) is 49.7 Å². The van der Waals surface area contributed by atoms with Gasteiger partial charge in [-0.2, -0.15) is 0 Å². The van der Waals surface area contributed by atoms with E-state index in [2.05, 4.69) is 0 Å². The van der Waals surface area contributed by atoms with Crippen LogP contribution in [0.15, 0.2) is 53.6 Å². The minimum Gasteiger partial charge on any atom is -0.497 e. The molecule has 0 amide bonds. The first-order valence-electron chi connectivity index (χ1n) is 11.3. The lowest BCUT2D eigenvalue weighted by atomic mass is 9.83. The fourth-order valence-corrected chi connectivity index (χ4v) is 5.65. The smallest absolute Gasteiger partial charge is 0.268 e. The summed E-state index contributed by atoms with van der Waals surface area (Å²) in [6.45, 7) is 3.43. The number of aldehydes is 1. The van der Waals surface area contributed by atoms with Crippen molar-refractivity contribution in [1.29, 1.82) is 0 Å². The standard InChI is InChI=1S/C25H30N2O6S/c1-4-5-6-7-19(17-28)23(16-27(29)30)24-15-26(25-13-10-20(33-3)14-22(24)25)34(31,32)21-11-8-18(2)9-12-21/h8-15,17,19,23H,4-7,16H2,1-3H3. The molecule has 0 aliphatic carbocycles. The van der Waals surface area contributed by atoms with Gasteiger partial charge in [0.2, 0.25) is 6.54 Å². The molecule has 0 spiro atoms. The van der Waals surface area contributed by atoms with Gasteiger partial charge in [0, 0.05) is 22.4 Å². The third kappa shape index (κ3) is 5.30. The number of aromatic nitrogens is 1. The maximum atomic E-state index is 13.6. The third-order valence-corrected chi connectivity index (χ3v) is 7.85. The van der Waals surface area contributed by atoms with Gasteiger partial charge in [0.1, 0.15) is 12.0 Å². The molecule has 0 aliphatic rings. The maximum absolute atomic E-state index is 13.6. The van der Waals surface area contributed by atoms with Gasteiger partial charge in [-0.25, -0.2) is 12.4 Å². The highest BCUT2D eigenvalue weighted by atomic mass is 32.2. The largest absolute Gasteiger partial charge is 0.497 e. The summed E-state index contributed by atoms with van der Waals surface area (Å²) in [5.41, 5.74) is 1.76. The molecule has 2 atom stereocenters. The number of ether oxygens (including phenoxy) is 1. The van der Waals surface area contributed by atoms with Crippen LogP contribution in [0.5, 0.6) is 5.75 Å². The molecule has 3 aromatic rings. The number of hydrogen-bond acceptors (Lipinski definition) is 6. The first kappa shape index (κ1) is 25.4. The molecule has 2 unspecified atom stereocenters. The average Bonchev–Trinajstić information content (AvgIpc) is 3.20. The lowest BCUT2D eigenvalue weighted by Crippen LogP contribution is -2.22. The number of benzene rings is 2. The number of unbranched alkanes of at least 4 members (excludes halogenated alkanes) is 2. The summed E-state index contributed by atoms with van der Waals surface area (Å²) in [6, 6.07) is 11.4. The lowest BCUT2D eigenvalue weighted by Gasteiger charge is -2.19. The zero-order valence-corrected chi connectivity index (χ0v) is 20.5. The van der Waals surface area contributed by atoms with Crippen molar-refractivity contribution in [1.82, 2.24) is 3.97 Å². The van der Waals surface area contributed by atoms with Crippen molar-refractivity contribution in [2.45, 2.75) is 50.3 Å². The van der Waals surface area contributed by atoms with Gasteiger partial charge in [-0.1, -0.05) is 43.9 Å². The molecule has 0 radical (unpaired) electrons. The number of fused-ring (bicyclic) bond motifs is 1. The number of rotatable bonds is 12. The summed E-state index contributed by atoms with van der Waals surface area (Å²) in [6.07, 6.45) is 5.32. The first-order valence-corrected chi connectivity index (χ1v) is 12.7. The second-order valence-corrected chi connectivity index (χ2v) is 10.3. The number of methoxy groups -OCH3 is 1. The third-order valence-electron chi connectivity index (χ3n) is 6.16. The van der Waals surface area contributed by atoms with Gasteiger partial charge in [0.25, 0.3) is 10.0 Å². The van der Waals surface area contributed by atoms with Crippen LogP contribution >= 0.6 is 0 Å². The number of nitrogens with zero attached hydrogens (tertiary/aromatic N) is 2. The SMILES string of the molecule is CCCCCC(C=O)C(C[N+](=O)[O-])c1cn(S(=O)(=O)c2ccc(C)cc2)c2ccc(OC)cc12. The van der Waals surface area contributed by atoms with E-state index in [9.17, 15) is 23.3 Å². The molecule has 2 aromatic carbocycles. The van der Waals surface area contributed by atoms with E-state index in [0.717, 1.165) is 35.1 Å². The molecule has 34 heavy (non-hydrogen) atoms. The van der Waals surface area contributed by atoms with E-state index in [4.69, 9.17) is 4.74 Å². The van der Waals surface area contributed by atoms with Gasteiger partial charge in [-0.05, 0) is 49.2 Å². The normalized spacial score (nSPS) is 13.5. The van der Waals surface area contributed by atoms with Crippen LogP contribution in [0.3, 0.4) is 0 Å². The van der Waals surface area contributed by atoms with E-state index in [-0.39, 0.29) is 4.90 Å². The molecule has 9 heteroatoms. The maximum Gasteiger partial charge on any atom is 0.268 e. The second kappa shape index (κ2) is 10.8. The molecular formula is C25H30N2O6S. The minimum absolute atomic E-state index is 0.109. The molecule has 0 saturated heterocycles. The number of hydrogen-bond donors (Lipinski definition) is 0. The first-order chi connectivity index (χ1) is 16.2. The van der Waals surface area contributed by atoms with Crippen LogP contribution < -0.4 is 4.74 Å². The van der Waals surface area contributed by atoms with Crippen molar-refractivity contribution in [3.63, 3.8) is 0 Å². The van der Waals surface area contributed by atoms with Gasteiger partial charge >= 0.3 is 0 Å². The van der Waals surface area contributed by atoms with E-state index in [1.54, 1.807) is 30.3 Å². The highest BCUT2D eigenvalue weighted by Crippen LogP contribution is 2.37. The molecule has 8 nitrogen and oxygen atoms in total. The molecule has 1 aromatic heterocycles. The summed E-state index contributed by atoms with van der Waals surface area (Å²) in [5, 5.41) is 12.1. The highest BCUT2D eigenvalue weighted by Gasteiger charge is 2.32. The Morgan fingerprint density at radius 1 is 1.15 bits per heavy atom. The van der Waals surface area contributed by atoms with Crippen molar-refractivity contribution >= 4 is 27.2 Å². The molecule has 0 saturated carbocycles. The number of carbonyl (C=O) groups is 1. The lowest BCUT2D eigenvalue weighted by molar-refractivity contribution is -0.484. The van der Waals surface area contributed by atoms with Crippen molar-refractivity contribution in [3.8, 4) is 5.75 Å². The molecule has 0 aliphatic heterocycles. The molecule has 0 N–H and O–H groups in total. The summed E-state index contributed by atoms with van der Waals surface area (Å²) in [5.74, 6) is -0.884. The molecular weight excluding hydrogens is 456 g/mol. The topological polar surface area (TPSA) is 109 Å². The number of aryl methyl sites for hydroxylation is 1. The second-order valence-electron chi connectivity index (χ2n) is 8.50. The van der Waals surface area contributed by atoms with E-state index in [1.165, 1.54) is 25.4 Å². The van der Waals surface area contributed by atoms with Crippen LogP contribution in [0.2, 0.25) is 0 Å². The Balaban J connectivity index is 2.23. The van der Waals surface area contributed by atoms with Crippen molar-refractivity contribution in [2.24, 2.45) is 5.92 Å². The van der Waals surface area contributed by atoms with Gasteiger partial charge in [-0.3, -0.25) is 10.1 Å². The Hall–Kier alpha value is -3.20. The van der Waals surface area contributed by atoms with E-state index >= 15 is 0 Å². The average molecular weight is 487 g/mol. The zero-order valence-electron chi connectivity index (χ0n) is 19.6. The van der Waals surface area contributed by atoms with Gasteiger partial charge in [-0.15, -0.1) is 0 Å². The number of nitro groups is 1. The molecule has 182 valence electrons. The molecule has 0 bridgehead atoms. The monoisotopic (exact) mass is 486 g/mol. The van der Waals surface area contributed by atoms with Crippen molar-refractivity contribution in [3.05, 3.63) is 69.9 Å². The quantitative estimate of drug-likeness (QED) is 0.155. The summed E-state index contributed by atoms with van der Waals surface area (Å²) in [4.78, 5) is 23.3. The molecule has 1 heterocycles. The van der Waals surface area contributed by atoms with Crippen molar-refractivity contribution < 1.29 is 22.9 Å². The Bertz CT molecular complexity index is 1260. The van der Waals surface area contributed by atoms with Crippen LogP contribution in [0.25, 0.3) is 10.9 Å². The predicted molar refractivity (Wildman–Crippen MR) is 131 cm³/mol. The predicted octanol–water partition coefficient (Wildman–Crippen LogP) is 4.95. The summed E-state index contributed by atoms with van der Waals surface area (Å²) >= 11 is 0. The molecule has 0 fully saturated rings. The highest BCUT2D eigenvalue weighted by molar-refractivity contribution is 7.90. The Kier molecular flexibility index (Phi) is 8.09. The zero-order chi connectivity index (χ0) is 24.9.